The predicted molar refractivity (Wildman–Crippen MR) is 101 cm³/mol. The molecule has 8 heteroatoms. The number of nitrogens with zero attached hydrogens (tertiary/aromatic N) is 1. The standard InChI is InChI=1S/C17H19ClN4O2S/c1-3-22(2)8-12-13(9-22)25-16(14(12)15(19)23)21-17(24)20-11-6-4-10(18)5-7-11/h4-7H,3,8-9H2,1-2H3,(H3-,19,20,21,23,24)/p+1. The molecule has 6 nitrogen and oxygen atoms in total. The van der Waals surface area contributed by atoms with Crippen molar-refractivity contribution in [2.45, 2.75) is 20.0 Å². The van der Waals surface area contributed by atoms with Gasteiger partial charge in [0.1, 0.15) is 18.1 Å². The van der Waals surface area contributed by atoms with Crippen molar-refractivity contribution in [3.8, 4) is 0 Å². The average molecular weight is 380 g/mol. The second kappa shape index (κ2) is 6.67. The number of benzene rings is 1. The maximum atomic E-state index is 12.2. The van der Waals surface area contributed by atoms with Gasteiger partial charge in [0.15, 0.2) is 0 Å². The van der Waals surface area contributed by atoms with E-state index >= 15 is 0 Å². The number of nitrogens with two attached hydrogens (primary N) is 1. The molecule has 1 atom stereocenters. The molecule has 1 aromatic heterocycles. The van der Waals surface area contributed by atoms with Crippen molar-refractivity contribution in [2.75, 3.05) is 24.2 Å². The SMILES string of the molecule is CC[N+]1(C)Cc2sc(NC(=O)Nc3ccc(Cl)cc3)c(C(N)=O)c2C1. The maximum absolute atomic E-state index is 12.2. The predicted octanol–water partition coefficient (Wildman–Crippen LogP) is 3.62. The van der Waals surface area contributed by atoms with Gasteiger partial charge in [-0.2, -0.15) is 0 Å². The second-order valence-electron chi connectivity index (χ2n) is 6.41. The van der Waals surface area contributed by atoms with Crippen LogP contribution in [0.25, 0.3) is 0 Å². The van der Waals surface area contributed by atoms with E-state index in [1.54, 1.807) is 24.3 Å². The molecule has 0 saturated carbocycles. The summed E-state index contributed by atoms with van der Waals surface area (Å²) in [7, 11) is 2.15. The fraction of sp³-hybridized carbons (Fsp3) is 0.294. The van der Waals surface area contributed by atoms with Gasteiger partial charge in [0.05, 0.1) is 24.0 Å². The van der Waals surface area contributed by atoms with Crippen LogP contribution in [0, 0.1) is 0 Å². The summed E-state index contributed by atoms with van der Waals surface area (Å²) in [6, 6.07) is 6.37. The van der Waals surface area contributed by atoms with Crippen LogP contribution < -0.4 is 16.4 Å². The summed E-state index contributed by atoms with van der Waals surface area (Å²) in [5.74, 6) is -0.510. The van der Waals surface area contributed by atoms with Gasteiger partial charge in [-0.3, -0.25) is 10.1 Å². The first-order valence-electron chi connectivity index (χ1n) is 7.93. The highest BCUT2D eigenvalue weighted by atomic mass is 35.5. The highest BCUT2D eigenvalue weighted by Gasteiger charge is 2.37. The van der Waals surface area contributed by atoms with Gasteiger partial charge in [0.2, 0.25) is 0 Å². The lowest BCUT2D eigenvalue weighted by atomic mass is 10.1. The van der Waals surface area contributed by atoms with E-state index in [9.17, 15) is 9.59 Å². The maximum Gasteiger partial charge on any atom is 0.324 e. The third-order valence-electron chi connectivity index (χ3n) is 4.49. The van der Waals surface area contributed by atoms with Crippen LogP contribution in [-0.2, 0) is 13.1 Å². The molecular weight excluding hydrogens is 360 g/mol. The number of halogens is 1. The number of quaternary nitrogens is 1. The first-order chi connectivity index (χ1) is 11.8. The normalized spacial score (nSPS) is 18.7. The van der Waals surface area contributed by atoms with Crippen molar-refractivity contribution in [1.82, 2.24) is 0 Å². The Morgan fingerprint density at radius 3 is 2.52 bits per heavy atom. The zero-order valence-electron chi connectivity index (χ0n) is 14.1. The summed E-state index contributed by atoms with van der Waals surface area (Å²) in [6.45, 7) is 4.69. The van der Waals surface area contributed by atoms with Gasteiger partial charge in [-0.15, -0.1) is 11.3 Å². The molecule has 3 amide bonds. The van der Waals surface area contributed by atoms with Crippen molar-refractivity contribution in [3.05, 3.63) is 45.3 Å². The Hall–Kier alpha value is -2.09. The van der Waals surface area contributed by atoms with E-state index in [2.05, 4.69) is 24.6 Å². The molecule has 2 heterocycles. The molecule has 0 radical (unpaired) electrons. The minimum absolute atomic E-state index is 0.419. The molecule has 0 fully saturated rings. The van der Waals surface area contributed by atoms with E-state index in [-0.39, 0.29) is 0 Å². The van der Waals surface area contributed by atoms with Gasteiger partial charge in [-0.25, -0.2) is 4.79 Å². The van der Waals surface area contributed by atoms with Crippen LogP contribution in [0.4, 0.5) is 15.5 Å². The number of primary amides is 1. The zero-order chi connectivity index (χ0) is 18.2. The van der Waals surface area contributed by atoms with Crippen LogP contribution in [0.1, 0.15) is 27.7 Å². The monoisotopic (exact) mass is 379 g/mol. The Bertz CT molecular complexity index is 834. The molecule has 1 aliphatic heterocycles. The first kappa shape index (κ1) is 17.7. The van der Waals surface area contributed by atoms with Crippen LogP contribution in [0.5, 0.6) is 0 Å². The molecule has 2 aromatic rings. The third-order valence-corrected chi connectivity index (χ3v) is 5.88. The van der Waals surface area contributed by atoms with E-state index in [1.807, 2.05) is 0 Å². The number of hydrogen-bond acceptors (Lipinski definition) is 3. The summed E-state index contributed by atoms with van der Waals surface area (Å²) >= 11 is 7.26. The van der Waals surface area contributed by atoms with E-state index in [0.717, 1.165) is 34.6 Å². The molecule has 0 spiro atoms. The number of fused-ring (bicyclic) bond motifs is 1. The summed E-state index contributed by atoms with van der Waals surface area (Å²) in [4.78, 5) is 25.3. The van der Waals surface area contributed by atoms with Crippen LogP contribution in [-0.4, -0.2) is 30.0 Å². The largest absolute Gasteiger partial charge is 0.365 e. The van der Waals surface area contributed by atoms with Crippen molar-refractivity contribution < 1.29 is 14.1 Å². The van der Waals surface area contributed by atoms with Crippen molar-refractivity contribution in [3.63, 3.8) is 0 Å². The van der Waals surface area contributed by atoms with Gasteiger partial charge in [-0.05, 0) is 31.2 Å². The van der Waals surface area contributed by atoms with E-state index < -0.39 is 11.9 Å². The Labute approximate surface area is 155 Å². The summed E-state index contributed by atoms with van der Waals surface area (Å²) < 4.78 is 0.846. The minimum atomic E-state index is -0.510. The fourth-order valence-corrected chi connectivity index (χ4v) is 4.47. The van der Waals surface area contributed by atoms with Gasteiger partial charge in [0.25, 0.3) is 5.91 Å². The molecule has 132 valence electrons. The molecule has 0 aliphatic carbocycles. The molecule has 0 saturated heterocycles. The summed E-state index contributed by atoms with van der Waals surface area (Å²) in [5, 5.41) is 6.57. The lowest BCUT2D eigenvalue weighted by Gasteiger charge is -2.27. The van der Waals surface area contributed by atoms with Crippen LogP contribution in [0.15, 0.2) is 24.3 Å². The molecule has 4 N–H and O–H groups in total. The topological polar surface area (TPSA) is 84.2 Å². The summed E-state index contributed by atoms with van der Waals surface area (Å²) in [5.41, 5.74) is 7.59. The summed E-state index contributed by atoms with van der Waals surface area (Å²) in [6.07, 6.45) is 0. The van der Waals surface area contributed by atoms with E-state index in [0.29, 0.717) is 21.3 Å². The van der Waals surface area contributed by atoms with Gasteiger partial charge in [-0.1, -0.05) is 11.6 Å². The molecule has 1 unspecified atom stereocenters. The van der Waals surface area contributed by atoms with E-state index in [4.69, 9.17) is 17.3 Å². The molecule has 1 aliphatic rings. The molecule has 1 aromatic carbocycles. The second-order valence-corrected chi connectivity index (χ2v) is 7.95. The number of hydrogen-bond donors (Lipinski definition) is 3. The number of amides is 3. The Morgan fingerprint density at radius 2 is 1.92 bits per heavy atom. The molecule has 3 rings (SSSR count). The van der Waals surface area contributed by atoms with Crippen LogP contribution in [0.2, 0.25) is 5.02 Å². The minimum Gasteiger partial charge on any atom is -0.365 e. The molecule has 25 heavy (non-hydrogen) atoms. The smallest absolute Gasteiger partial charge is 0.324 e. The van der Waals surface area contributed by atoms with Crippen molar-refractivity contribution >= 4 is 45.6 Å². The third kappa shape index (κ3) is 3.63. The number of carbonyl (C=O) groups excluding carboxylic acids is 2. The number of carbonyl (C=O) groups is 2. The lowest BCUT2D eigenvalue weighted by Crippen LogP contribution is -2.38. The fourth-order valence-electron chi connectivity index (χ4n) is 2.96. The first-order valence-corrected chi connectivity index (χ1v) is 9.12. The Balaban J connectivity index is 1.79. The Morgan fingerprint density at radius 1 is 1.24 bits per heavy atom. The quantitative estimate of drug-likeness (QED) is 0.709. The van der Waals surface area contributed by atoms with Gasteiger partial charge >= 0.3 is 6.03 Å². The van der Waals surface area contributed by atoms with Crippen LogP contribution in [0.3, 0.4) is 0 Å². The van der Waals surface area contributed by atoms with Crippen LogP contribution >= 0.6 is 22.9 Å². The number of rotatable bonds is 4. The lowest BCUT2D eigenvalue weighted by molar-refractivity contribution is -0.927. The average Bonchev–Trinajstić information content (AvgIpc) is 3.02. The highest BCUT2D eigenvalue weighted by molar-refractivity contribution is 7.17. The number of anilines is 2. The number of nitrogens with one attached hydrogen (secondary N) is 2. The molecule has 0 bridgehead atoms. The number of thiophene rings is 1. The van der Waals surface area contributed by atoms with Crippen molar-refractivity contribution in [2.24, 2.45) is 5.73 Å². The highest BCUT2D eigenvalue weighted by Crippen LogP contribution is 2.41. The Kier molecular flexibility index (Phi) is 4.73. The van der Waals surface area contributed by atoms with Gasteiger partial charge < -0.3 is 15.5 Å². The van der Waals surface area contributed by atoms with Gasteiger partial charge in [0, 0.05) is 16.3 Å². The number of urea groups is 1. The van der Waals surface area contributed by atoms with E-state index in [1.165, 1.54) is 11.3 Å². The van der Waals surface area contributed by atoms with Crippen molar-refractivity contribution in [1.29, 1.82) is 0 Å². The zero-order valence-corrected chi connectivity index (χ0v) is 15.6. The molecular formula is C17H20ClN4O2S+.